The SMILES string of the molecule is Cc1ccc(C(F)(F)CBr)cc1. The van der Waals surface area contributed by atoms with Crippen LogP contribution >= 0.6 is 15.9 Å². The number of alkyl halides is 3. The van der Waals surface area contributed by atoms with E-state index in [9.17, 15) is 8.78 Å². The van der Waals surface area contributed by atoms with Crippen molar-refractivity contribution in [1.82, 2.24) is 0 Å². The third-order valence-corrected chi connectivity index (χ3v) is 2.35. The first kappa shape index (κ1) is 9.65. The molecule has 0 bridgehead atoms. The van der Waals surface area contributed by atoms with E-state index >= 15 is 0 Å². The minimum Gasteiger partial charge on any atom is -0.200 e. The Balaban J connectivity index is 2.96. The van der Waals surface area contributed by atoms with Gasteiger partial charge in [0.2, 0.25) is 0 Å². The summed E-state index contributed by atoms with van der Waals surface area (Å²) >= 11 is 2.78. The summed E-state index contributed by atoms with van der Waals surface area (Å²) in [5.41, 5.74) is 1.05. The molecular weight excluding hydrogens is 226 g/mol. The molecule has 0 atom stereocenters. The lowest BCUT2D eigenvalue weighted by Gasteiger charge is -2.12. The van der Waals surface area contributed by atoms with E-state index in [0.29, 0.717) is 0 Å². The van der Waals surface area contributed by atoms with Gasteiger partial charge in [0.15, 0.2) is 0 Å². The van der Waals surface area contributed by atoms with Gasteiger partial charge in [0, 0.05) is 5.56 Å². The second-order valence-corrected chi connectivity index (χ2v) is 3.26. The monoisotopic (exact) mass is 234 g/mol. The number of rotatable bonds is 2. The van der Waals surface area contributed by atoms with Gasteiger partial charge in [-0.2, -0.15) is 0 Å². The summed E-state index contributed by atoms with van der Waals surface area (Å²) in [6.07, 6.45) is 0. The first-order valence-electron chi connectivity index (χ1n) is 3.57. The minimum atomic E-state index is -2.76. The first-order valence-corrected chi connectivity index (χ1v) is 4.69. The van der Waals surface area contributed by atoms with Gasteiger partial charge in [-0.05, 0) is 6.92 Å². The minimum absolute atomic E-state index is 0.0602. The highest BCUT2D eigenvalue weighted by atomic mass is 79.9. The molecule has 0 aliphatic carbocycles. The summed E-state index contributed by atoms with van der Waals surface area (Å²) < 4.78 is 25.9. The second kappa shape index (κ2) is 3.52. The lowest BCUT2D eigenvalue weighted by Crippen LogP contribution is -2.14. The molecule has 1 rings (SSSR count). The Morgan fingerprint density at radius 1 is 1.25 bits per heavy atom. The average molecular weight is 235 g/mol. The molecule has 0 heterocycles. The molecule has 1 aromatic carbocycles. The van der Waals surface area contributed by atoms with E-state index in [0.717, 1.165) is 5.56 Å². The zero-order chi connectivity index (χ0) is 9.19. The van der Waals surface area contributed by atoms with Gasteiger partial charge >= 0.3 is 0 Å². The molecule has 0 fully saturated rings. The maximum absolute atomic E-state index is 13.0. The smallest absolute Gasteiger partial charge is 0.200 e. The van der Waals surface area contributed by atoms with Crippen LogP contribution in [0.4, 0.5) is 8.78 Å². The van der Waals surface area contributed by atoms with Crippen LogP contribution < -0.4 is 0 Å². The van der Waals surface area contributed by atoms with Crippen molar-refractivity contribution in [2.24, 2.45) is 0 Å². The summed E-state index contributed by atoms with van der Waals surface area (Å²) in [5, 5.41) is -0.330. The van der Waals surface area contributed by atoms with E-state index in [-0.39, 0.29) is 10.9 Å². The molecule has 0 aliphatic heterocycles. The standard InChI is InChI=1S/C9H9BrF2/c1-7-2-4-8(5-3-7)9(11,12)6-10/h2-5H,6H2,1H3. The van der Waals surface area contributed by atoms with E-state index in [2.05, 4.69) is 15.9 Å². The van der Waals surface area contributed by atoms with Gasteiger partial charge in [-0.3, -0.25) is 0 Å². The molecule has 0 spiro atoms. The molecule has 12 heavy (non-hydrogen) atoms. The lowest BCUT2D eigenvalue weighted by atomic mass is 10.1. The lowest BCUT2D eigenvalue weighted by molar-refractivity contribution is 0.0245. The number of hydrogen-bond donors (Lipinski definition) is 0. The van der Waals surface area contributed by atoms with Gasteiger partial charge in [-0.15, -0.1) is 0 Å². The highest BCUT2D eigenvalue weighted by Crippen LogP contribution is 2.29. The number of hydrogen-bond acceptors (Lipinski definition) is 0. The van der Waals surface area contributed by atoms with Crippen molar-refractivity contribution in [2.75, 3.05) is 5.33 Å². The Kier molecular flexibility index (Phi) is 2.83. The fraction of sp³-hybridized carbons (Fsp3) is 0.333. The number of aryl methyl sites for hydroxylation is 1. The topological polar surface area (TPSA) is 0 Å². The third-order valence-electron chi connectivity index (χ3n) is 1.64. The Morgan fingerprint density at radius 3 is 2.17 bits per heavy atom. The van der Waals surface area contributed by atoms with Crippen molar-refractivity contribution in [1.29, 1.82) is 0 Å². The predicted octanol–water partition coefficient (Wildman–Crippen LogP) is 3.48. The Hall–Kier alpha value is -0.440. The highest BCUT2D eigenvalue weighted by Gasteiger charge is 2.29. The van der Waals surface area contributed by atoms with Crippen LogP contribution in [0.5, 0.6) is 0 Å². The Labute approximate surface area is 78.7 Å². The van der Waals surface area contributed by atoms with Crippen LogP contribution in [0.3, 0.4) is 0 Å². The Morgan fingerprint density at radius 2 is 1.75 bits per heavy atom. The van der Waals surface area contributed by atoms with E-state index in [1.54, 1.807) is 12.1 Å². The normalized spacial score (nSPS) is 11.7. The third kappa shape index (κ3) is 2.03. The molecule has 0 unspecified atom stereocenters. The predicted molar refractivity (Wildman–Crippen MR) is 48.9 cm³/mol. The molecule has 0 saturated carbocycles. The van der Waals surface area contributed by atoms with Crippen molar-refractivity contribution in [3.63, 3.8) is 0 Å². The van der Waals surface area contributed by atoms with Crippen LogP contribution in [-0.4, -0.2) is 5.33 Å². The average Bonchev–Trinajstić information content (AvgIpc) is 2.05. The molecule has 0 N–H and O–H groups in total. The molecule has 3 heteroatoms. The van der Waals surface area contributed by atoms with Crippen LogP contribution in [0.15, 0.2) is 24.3 Å². The quantitative estimate of drug-likeness (QED) is 0.688. The zero-order valence-corrected chi connectivity index (χ0v) is 8.24. The zero-order valence-electron chi connectivity index (χ0n) is 6.65. The number of halogens is 3. The van der Waals surface area contributed by atoms with E-state index < -0.39 is 5.92 Å². The first-order chi connectivity index (χ1) is 5.56. The highest BCUT2D eigenvalue weighted by molar-refractivity contribution is 9.09. The van der Waals surface area contributed by atoms with Crippen molar-refractivity contribution in [3.05, 3.63) is 35.4 Å². The molecular formula is C9H9BrF2. The number of benzene rings is 1. The van der Waals surface area contributed by atoms with Crippen LogP contribution in [-0.2, 0) is 5.92 Å². The van der Waals surface area contributed by atoms with Crippen molar-refractivity contribution >= 4 is 15.9 Å². The summed E-state index contributed by atoms with van der Waals surface area (Å²) in [6.45, 7) is 1.87. The van der Waals surface area contributed by atoms with Gasteiger partial charge in [-0.25, -0.2) is 8.78 Å². The van der Waals surface area contributed by atoms with E-state index in [1.807, 2.05) is 6.92 Å². The maximum Gasteiger partial charge on any atom is 0.282 e. The molecule has 0 radical (unpaired) electrons. The summed E-state index contributed by atoms with van der Waals surface area (Å²) in [4.78, 5) is 0. The van der Waals surface area contributed by atoms with Crippen LogP contribution in [0, 0.1) is 6.92 Å². The molecule has 0 saturated heterocycles. The summed E-state index contributed by atoms with van der Waals surface area (Å²) in [5.74, 6) is -2.76. The van der Waals surface area contributed by atoms with Crippen LogP contribution in [0.1, 0.15) is 11.1 Å². The fourth-order valence-corrected chi connectivity index (χ4v) is 1.20. The largest absolute Gasteiger partial charge is 0.282 e. The molecule has 0 nitrogen and oxygen atoms in total. The summed E-state index contributed by atoms with van der Waals surface area (Å²) in [6, 6.07) is 6.28. The molecule has 0 amide bonds. The van der Waals surface area contributed by atoms with E-state index in [1.165, 1.54) is 12.1 Å². The molecule has 0 aliphatic rings. The second-order valence-electron chi connectivity index (χ2n) is 2.70. The molecule has 66 valence electrons. The van der Waals surface area contributed by atoms with Gasteiger partial charge in [0.05, 0.1) is 5.33 Å². The van der Waals surface area contributed by atoms with Crippen LogP contribution in [0.2, 0.25) is 0 Å². The van der Waals surface area contributed by atoms with Crippen molar-refractivity contribution in [2.45, 2.75) is 12.8 Å². The maximum atomic E-state index is 13.0. The summed E-state index contributed by atoms with van der Waals surface area (Å²) in [7, 11) is 0. The van der Waals surface area contributed by atoms with Crippen molar-refractivity contribution in [3.8, 4) is 0 Å². The van der Waals surface area contributed by atoms with Crippen LogP contribution in [0.25, 0.3) is 0 Å². The Bertz CT molecular complexity index is 254. The van der Waals surface area contributed by atoms with Gasteiger partial charge < -0.3 is 0 Å². The molecule has 0 aromatic heterocycles. The van der Waals surface area contributed by atoms with E-state index in [4.69, 9.17) is 0 Å². The molecule has 1 aromatic rings. The van der Waals surface area contributed by atoms with Gasteiger partial charge in [0.25, 0.3) is 5.92 Å². The van der Waals surface area contributed by atoms with Crippen molar-refractivity contribution < 1.29 is 8.78 Å². The van der Waals surface area contributed by atoms with Gasteiger partial charge in [0.1, 0.15) is 0 Å². The van der Waals surface area contributed by atoms with Gasteiger partial charge in [-0.1, -0.05) is 45.8 Å². The fourth-order valence-electron chi connectivity index (χ4n) is 0.875.